The second-order valence-corrected chi connectivity index (χ2v) is 2.79. The first-order valence-corrected chi connectivity index (χ1v) is 4.35. The van der Waals surface area contributed by atoms with E-state index in [1.807, 2.05) is 24.3 Å². The first-order valence-electron chi connectivity index (χ1n) is 4.35. The van der Waals surface area contributed by atoms with Crippen LogP contribution in [0.25, 0.3) is 0 Å². The molecule has 0 radical (unpaired) electrons. The Balaban J connectivity index is 2.03. The molecule has 2 heterocycles. The van der Waals surface area contributed by atoms with Crippen LogP contribution in [0.5, 0.6) is 0 Å². The van der Waals surface area contributed by atoms with Gasteiger partial charge in [-0.2, -0.15) is 5.10 Å². The molecule has 4 nitrogen and oxygen atoms in total. The van der Waals surface area contributed by atoms with Gasteiger partial charge < -0.3 is 0 Å². The number of rotatable bonds is 2. The van der Waals surface area contributed by atoms with Gasteiger partial charge >= 0.3 is 0 Å². The molecule has 1 aliphatic rings. The van der Waals surface area contributed by atoms with E-state index in [0.717, 1.165) is 17.9 Å². The molecule has 0 saturated carbocycles. The van der Waals surface area contributed by atoms with Crippen LogP contribution in [0.1, 0.15) is 0 Å². The number of pyridine rings is 1. The standard InChI is InChI=1S/C10H10N4/c1-3-9(7-11-5-1)13-14-10-4-2-6-12-8-10/h1-5,7-8,13H,6H2/b14-10+. The van der Waals surface area contributed by atoms with E-state index in [2.05, 4.69) is 20.5 Å². The number of aliphatic imine (C=N–C) groups is 1. The lowest BCUT2D eigenvalue weighted by Crippen LogP contribution is -2.04. The zero-order chi connectivity index (χ0) is 9.64. The summed E-state index contributed by atoms with van der Waals surface area (Å²) in [4.78, 5) is 8.04. The maximum absolute atomic E-state index is 4.14. The number of hydrogen-bond donors (Lipinski definition) is 1. The van der Waals surface area contributed by atoms with Crippen LogP contribution in [0.15, 0.2) is 46.8 Å². The zero-order valence-electron chi connectivity index (χ0n) is 7.59. The molecular weight excluding hydrogens is 176 g/mol. The summed E-state index contributed by atoms with van der Waals surface area (Å²) in [6, 6.07) is 3.76. The van der Waals surface area contributed by atoms with Crippen molar-refractivity contribution in [2.24, 2.45) is 10.1 Å². The largest absolute Gasteiger partial charge is 0.287 e. The van der Waals surface area contributed by atoms with E-state index < -0.39 is 0 Å². The molecule has 0 amide bonds. The van der Waals surface area contributed by atoms with Gasteiger partial charge in [0, 0.05) is 12.4 Å². The van der Waals surface area contributed by atoms with Gasteiger partial charge in [-0.05, 0) is 18.2 Å². The summed E-state index contributed by atoms with van der Waals surface area (Å²) in [6.45, 7) is 0.742. The van der Waals surface area contributed by atoms with Crippen molar-refractivity contribution in [3.8, 4) is 0 Å². The molecule has 0 aromatic carbocycles. The summed E-state index contributed by atoms with van der Waals surface area (Å²) in [5.74, 6) is 0. The van der Waals surface area contributed by atoms with Crippen molar-refractivity contribution in [1.82, 2.24) is 4.98 Å². The van der Waals surface area contributed by atoms with Crippen LogP contribution < -0.4 is 5.43 Å². The molecule has 1 aliphatic heterocycles. The van der Waals surface area contributed by atoms with E-state index in [1.54, 1.807) is 18.6 Å². The first-order chi connectivity index (χ1) is 6.95. The molecular formula is C10H10N4. The van der Waals surface area contributed by atoms with Gasteiger partial charge in [0.05, 0.1) is 18.4 Å². The van der Waals surface area contributed by atoms with Crippen molar-refractivity contribution in [1.29, 1.82) is 0 Å². The molecule has 0 unspecified atom stereocenters. The van der Waals surface area contributed by atoms with Gasteiger partial charge in [0.2, 0.25) is 0 Å². The molecule has 0 fully saturated rings. The van der Waals surface area contributed by atoms with Gasteiger partial charge in [-0.15, -0.1) is 0 Å². The number of nitrogens with one attached hydrogen (secondary N) is 1. The van der Waals surface area contributed by atoms with Gasteiger partial charge in [-0.25, -0.2) is 0 Å². The highest BCUT2D eigenvalue weighted by atomic mass is 15.3. The second-order valence-electron chi connectivity index (χ2n) is 2.79. The first kappa shape index (κ1) is 8.62. The van der Waals surface area contributed by atoms with Crippen LogP contribution in [0, 0.1) is 0 Å². The number of anilines is 1. The smallest absolute Gasteiger partial charge is 0.101 e. The third-order valence-electron chi connectivity index (χ3n) is 1.70. The molecule has 1 N–H and O–H groups in total. The van der Waals surface area contributed by atoms with Crippen LogP contribution in [-0.4, -0.2) is 23.5 Å². The minimum atomic E-state index is 0.742. The van der Waals surface area contributed by atoms with Gasteiger partial charge in [0.25, 0.3) is 0 Å². The predicted molar refractivity (Wildman–Crippen MR) is 57.8 cm³/mol. The maximum Gasteiger partial charge on any atom is 0.101 e. The summed E-state index contributed by atoms with van der Waals surface area (Å²) in [7, 11) is 0. The fourth-order valence-electron chi connectivity index (χ4n) is 1.05. The molecule has 1 aromatic rings. The predicted octanol–water partition coefficient (Wildman–Crippen LogP) is 1.49. The van der Waals surface area contributed by atoms with Gasteiger partial charge in [-0.3, -0.25) is 15.4 Å². The van der Waals surface area contributed by atoms with Gasteiger partial charge in [0.15, 0.2) is 0 Å². The Morgan fingerprint density at radius 1 is 1.43 bits per heavy atom. The van der Waals surface area contributed by atoms with Gasteiger partial charge in [-0.1, -0.05) is 6.08 Å². The van der Waals surface area contributed by atoms with E-state index in [1.165, 1.54) is 0 Å². The molecule has 4 heteroatoms. The van der Waals surface area contributed by atoms with E-state index in [9.17, 15) is 0 Å². The van der Waals surface area contributed by atoms with Gasteiger partial charge in [0.1, 0.15) is 5.71 Å². The number of aromatic nitrogens is 1. The molecule has 70 valence electrons. The van der Waals surface area contributed by atoms with Crippen molar-refractivity contribution in [3.05, 3.63) is 36.7 Å². The Labute approximate surface area is 82.1 Å². The lowest BCUT2D eigenvalue weighted by atomic mass is 10.3. The zero-order valence-corrected chi connectivity index (χ0v) is 7.59. The van der Waals surface area contributed by atoms with Crippen molar-refractivity contribution >= 4 is 17.6 Å². The summed E-state index contributed by atoms with van der Waals surface area (Å²) in [5, 5.41) is 4.14. The Morgan fingerprint density at radius 3 is 3.14 bits per heavy atom. The van der Waals surface area contributed by atoms with Crippen LogP contribution in [0.4, 0.5) is 5.69 Å². The molecule has 0 saturated heterocycles. The van der Waals surface area contributed by atoms with Crippen LogP contribution >= 0.6 is 0 Å². The number of allylic oxidation sites excluding steroid dienone is 1. The quantitative estimate of drug-likeness (QED) is 0.711. The van der Waals surface area contributed by atoms with Crippen LogP contribution in [-0.2, 0) is 0 Å². The molecule has 0 aliphatic carbocycles. The fraction of sp³-hybridized carbons (Fsp3) is 0.100. The maximum atomic E-state index is 4.14. The van der Waals surface area contributed by atoms with Crippen molar-refractivity contribution in [2.75, 3.05) is 12.0 Å². The Morgan fingerprint density at radius 2 is 2.43 bits per heavy atom. The highest BCUT2D eigenvalue weighted by Gasteiger charge is 1.93. The highest BCUT2D eigenvalue weighted by Crippen LogP contribution is 2.02. The lowest BCUT2D eigenvalue weighted by Gasteiger charge is -2.01. The normalized spacial score (nSPS) is 17.3. The van der Waals surface area contributed by atoms with E-state index >= 15 is 0 Å². The topological polar surface area (TPSA) is 49.6 Å². The average molecular weight is 186 g/mol. The number of hydrogen-bond acceptors (Lipinski definition) is 4. The molecule has 2 rings (SSSR count). The summed E-state index contributed by atoms with van der Waals surface area (Å²) < 4.78 is 0. The molecule has 0 atom stereocenters. The summed E-state index contributed by atoms with van der Waals surface area (Å²) >= 11 is 0. The summed E-state index contributed by atoms with van der Waals surface area (Å²) in [6.07, 6.45) is 9.07. The highest BCUT2D eigenvalue weighted by molar-refractivity contribution is 6.36. The molecule has 14 heavy (non-hydrogen) atoms. The van der Waals surface area contributed by atoms with Crippen LogP contribution in [0.3, 0.4) is 0 Å². The Bertz CT molecular complexity index is 364. The van der Waals surface area contributed by atoms with E-state index in [0.29, 0.717) is 0 Å². The van der Waals surface area contributed by atoms with Crippen molar-refractivity contribution < 1.29 is 0 Å². The monoisotopic (exact) mass is 186 g/mol. The SMILES string of the molecule is C1=C/C(=N\Nc2cccnc2)C=NC1. The third kappa shape index (κ3) is 2.26. The van der Waals surface area contributed by atoms with Crippen molar-refractivity contribution in [2.45, 2.75) is 0 Å². The minimum absolute atomic E-state index is 0.742. The number of hydrazone groups is 1. The number of dihydropyridines is 1. The minimum Gasteiger partial charge on any atom is -0.287 e. The fourth-order valence-corrected chi connectivity index (χ4v) is 1.05. The van der Waals surface area contributed by atoms with E-state index in [4.69, 9.17) is 0 Å². The molecule has 1 aromatic heterocycles. The Hall–Kier alpha value is -1.97. The Kier molecular flexibility index (Phi) is 2.66. The van der Waals surface area contributed by atoms with Crippen LogP contribution in [0.2, 0.25) is 0 Å². The lowest BCUT2D eigenvalue weighted by molar-refractivity contribution is 1.24. The second kappa shape index (κ2) is 4.32. The number of nitrogens with zero attached hydrogens (tertiary/aromatic N) is 3. The third-order valence-corrected chi connectivity index (χ3v) is 1.70. The van der Waals surface area contributed by atoms with E-state index in [-0.39, 0.29) is 0 Å². The average Bonchev–Trinajstić information content (AvgIpc) is 2.29. The summed E-state index contributed by atoms with van der Waals surface area (Å²) in [5.41, 5.74) is 4.58. The molecule has 0 spiro atoms. The van der Waals surface area contributed by atoms with Crippen molar-refractivity contribution in [3.63, 3.8) is 0 Å². The molecule has 0 bridgehead atoms.